The number of ether oxygens (including phenoxy) is 1. The number of anilines is 1. The van der Waals surface area contributed by atoms with Crippen LogP contribution in [0, 0.1) is 16.0 Å². The average molecular weight is 291 g/mol. The molecule has 2 rings (SSSR count). The summed E-state index contributed by atoms with van der Waals surface area (Å²) in [5.41, 5.74) is 0.643. The molecule has 1 aliphatic rings. The number of benzene rings is 1. The van der Waals surface area contributed by atoms with Gasteiger partial charge >= 0.3 is 5.97 Å². The van der Waals surface area contributed by atoms with E-state index < -0.39 is 16.8 Å². The smallest absolute Gasteiger partial charge is 0.316 e. The summed E-state index contributed by atoms with van der Waals surface area (Å²) in [7, 11) is 1.24. The SMILES string of the molecule is COC(=O)[C@H]1CN(c2ccc([N+](=O)[O-])cc2)N=C1C(C)=O. The molecular formula is C13H13N3O5. The summed E-state index contributed by atoms with van der Waals surface area (Å²) in [4.78, 5) is 33.3. The third-order valence-corrected chi connectivity index (χ3v) is 3.12. The van der Waals surface area contributed by atoms with Crippen LogP contribution in [-0.2, 0) is 14.3 Å². The van der Waals surface area contributed by atoms with Gasteiger partial charge in [0, 0.05) is 19.1 Å². The van der Waals surface area contributed by atoms with Crippen LogP contribution in [0.15, 0.2) is 29.4 Å². The standard InChI is InChI=1S/C13H13N3O5/c1-8(17)12-11(13(18)21-2)7-15(14-12)9-3-5-10(6-4-9)16(19)20/h3-6,11H,7H2,1-2H3/t11-/m0/s1. The van der Waals surface area contributed by atoms with Gasteiger partial charge in [-0.1, -0.05) is 0 Å². The van der Waals surface area contributed by atoms with Crippen molar-refractivity contribution in [3.8, 4) is 0 Å². The number of ketones is 1. The molecule has 8 nitrogen and oxygen atoms in total. The normalized spacial score (nSPS) is 17.3. The molecule has 0 N–H and O–H groups in total. The minimum atomic E-state index is -0.748. The van der Waals surface area contributed by atoms with E-state index in [0.717, 1.165) is 0 Å². The molecule has 1 aliphatic heterocycles. The van der Waals surface area contributed by atoms with Crippen molar-refractivity contribution in [2.24, 2.45) is 11.0 Å². The van der Waals surface area contributed by atoms with E-state index in [-0.39, 0.29) is 23.7 Å². The Bertz CT molecular complexity index is 623. The zero-order valence-corrected chi connectivity index (χ0v) is 11.5. The predicted molar refractivity (Wildman–Crippen MR) is 74.1 cm³/mol. The van der Waals surface area contributed by atoms with Gasteiger partial charge in [-0.3, -0.25) is 24.7 Å². The monoisotopic (exact) mass is 291 g/mol. The van der Waals surface area contributed by atoms with Gasteiger partial charge < -0.3 is 4.74 Å². The summed E-state index contributed by atoms with van der Waals surface area (Å²) >= 11 is 0. The number of nitrogens with zero attached hydrogens (tertiary/aromatic N) is 3. The number of Topliss-reactive ketones (excluding diaryl/α,β-unsaturated/α-hetero) is 1. The van der Waals surface area contributed by atoms with Gasteiger partial charge in [0.05, 0.1) is 24.3 Å². The van der Waals surface area contributed by atoms with Crippen LogP contribution in [0.1, 0.15) is 6.92 Å². The zero-order chi connectivity index (χ0) is 15.6. The predicted octanol–water partition coefficient (Wildman–Crippen LogP) is 1.15. The highest BCUT2D eigenvalue weighted by Gasteiger charge is 2.36. The third kappa shape index (κ3) is 2.88. The summed E-state index contributed by atoms with van der Waals surface area (Å²) in [6.45, 7) is 1.49. The summed E-state index contributed by atoms with van der Waals surface area (Å²) < 4.78 is 4.66. The van der Waals surface area contributed by atoms with Gasteiger partial charge in [-0.25, -0.2) is 0 Å². The number of nitro benzene ring substituents is 1. The van der Waals surface area contributed by atoms with Crippen molar-refractivity contribution >= 4 is 28.8 Å². The van der Waals surface area contributed by atoms with Crippen LogP contribution in [0.5, 0.6) is 0 Å². The van der Waals surface area contributed by atoms with Crippen LogP contribution in [0.2, 0.25) is 0 Å². The maximum Gasteiger partial charge on any atom is 0.316 e. The minimum Gasteiger partial charge on any atom is -0.468 e. The lowest BCUT2D eigenvalue weighted by molar-refractivity contribution is -0.384. The summed E-state index contributed by atoms with van der Waals surface area (Å²) in [6, 6.07) is 5.70. The molecule has 0 aliphatic carbocycles. The Labute approximate surface area is 120 Å². The second-order valence-corrected chi connectivity index (χ2v) is 4.47. The van der Waals surface area contributed by atoms with Crippen molar-refractivity contribution in [2.75, 3.05) is 18.7 Å². The van der Waals surface area contributed by atoms with Crippen LogP contribution < -0.4 is 5.01 Å². The molecular weight excluding hydrogens is 278 g/mol. The fourth-order valence-corrected chi connectivity index (χ4v) is 2.05. The Morgan fingerprint density at radius 3 is 2.48 bits per heavy atom. The third-order valence-electron chi connectivity index (χ3n) is 3.12. The molecule has 0 unspecified atom stereocenters. The number of hydrogen-bond acceptors (Lipinski definition) is 7. The lowest BCUT2D eigenvalue weighted by Gasteiger charge is -2.14. The highest BCUT2D eigenvalue weighted by atomic mass is 16.6. The van der Waals surface area contributed by atoms with Crippen LogP contribution >= 0.6 is 0 Å². The molecule has 0 radical (unpaired) electrons. The number of hydrazone groups is 1. The van der Waals surface area contributed by atoms with Crippen LogP contribution in [-0.4, -0.2) is 36.0 Å². The van der Waals surface area contributed by atoms with Gasteiger partial charge in [0.15, 0.2) is 5.78 Å². The largest absolute Gasteiger partial charge is 0.468 e. The summed E-state index contributed by atoms with van der Waals surface area (Å²) in [5.74, 6) is -1.59. The zero-order valence-electron chi connectivity index (χ0n) is 11.5. The molecule has 0 saturated heterocycles. The van der Waals surface area contributed by atoms with Crippen molar-refractivity contribution in [1.29, 1.82) is 0 Å². The van der Waals surface area contributed by atoms with Crippen molar-refractivity contribution in [3.63, 3.8) is 0 Å². The first-order chi connectivity index (χ1) is 9.93. The molecule has 1 aromatic carbocycles. The first-order valence-corrected chi connectivity index (χ1v) is 6.13. The van der Waals surface area contributed by atoms with E-state index in [2.05, 4.69) is 9.84 Å². The molecule has 8 heteroatoms. The van der Waals surface area contributed by atoms with Crippen molar-refractivity contribution in [1.82, 2.24) is 0 Å². The van der Waals surface area contributed by atoms with Gasteiger partial charge in [-0.15, -0.1) is 0 Å². The van der Waals surface area contributed by atoms with Crippen molar-refractivity contribution < 1.29 is 19.2 Å². The molecule has 0 spiro atoms. The van der Waals surface area contributed by atoms with E-state index >= 15 is 0 Å². The molecule has 1 heterocycles. The molecule has 0 saturated carbocycles. The topological polar surface area (TPSA) is 102 Å². The maximum atomic E-state index is 11.7. The van der Waals surface area contributed by atoms with Gasteiger partial charge in [-0.05, 0) is 12.1 Å². The minimum absolute atomic E-state index is 0.0433. The molecule has 0 amide bonds. The number of carbonyl (C=O) groups is 2. The number of non-ortho nitro benzene ring substituents is 1. The second-order valence-electron chi connectivity index (χ2n) is 4.47. The van der Waals surface area contributed by atoms with Gasteiger partial charge in [-0.2, -0.15) is 5.10 Å². The fourth-order valence-electron chi connectivity index (χ4n) is 2.05. The average Bonchev–Trinajstić information content (AvgIpc) is 2.92. The molecule has 0 fully saturated rings. The van der Waals surface area contributed by atoms with Crippen molar-refractivity contribution in [2.45, 2.75) is 6.92 Å². The molecule has 0 bridgehead atoms. The van der Waals surface area contributed by atoms with E-state index in [4.69, 9.17) is 0 Å². The maximum absolute atomic E-state index is 11.7. The molecule has 1 aromatic rings. The van der Waals surface area contributed by atoms with E-state index in [1.807, 2.05) is 0 Å². The van der Waals surface area contributed by atoms with E-state index in [9.17, 15) is 19.7 Å². The fraction of sp³-hybridized carbons (Fsp3) is 0.308. The van der Waals surface area contributed by atoms with E-state index in [0.29, 0.717) is 5.69 Å². The second kappa shape index (κ2) is 5.70. The molecule has 1 atom stereocenters. The molecule has 21 heavy (non-hydrogen) atoms. The Hall–Kier alpha value is -2.77. The Balaban J connectivity index is 2.27. The highest BCUT2D eigenvalue weighted by molar-refractivity contribution is 6.43. The number of esters is 1. The van der Waals surface area contributed by atoms with Gasteiger partial charge in [0.25, 0.3) is 5.69 Å². The van der Waals surface area contributed by atoms with Crippen molar-refractivity contribution in [3.05, 3.63) is 34.4 Å². The lowest BCUT2D eigenvalue weighted by atomic mass is 10.0. The summed E-state index contributed by atoms with van der Waals surface area (Å²) in [6.07, 6.45) is 0. The molecule has 110 valence electrons. The van der Waals surface area contributed by atoms with Crippen LogP contribution in [0.25, 0.3) is 0 Å². The Morgan fingerprint density at radius 2 is 2.00 bits per heavy atom. The lowest BCUT2D eigenvalue weighted by Crippen LogP contribution is -2.30. The number of nitro groups is 1. The first kappa shape index (κ1) is 14.6. The number of carbonyl (C=O) groups excluding carboxylic acids is 2. The highest BCUT2D eigenvalue weighted by Crippen LogP contribution is 2.25. The van der Waals surface area contributed by atoms with Crippen LogP contribution in [0.4, 0.5) is 11.4 Å². The van der Waals surface area contributed by atoms with E-state index in [1.165, 1.54) is 43.3 Å². The Morgan fingerprint density at radius 1 is 1.38 bits per heavy atom. The Kier molecular flexibility index (Phi) is 3.97. The number of hydrogen-bond donors (Lipinski definition) is 0. The quantitative estimate of drug-likeness (QED) is 0.468. The first-order valence-electron chi connectivity index (χ1n) is 6.13. The summed E-state index contributed by atoms with van der Waals surface area (Å²) in [5, 5.41) is 16.2. The molecule has 0 aromatic heterocycles. The van der Waals surface area contributed by atoms with Gasteiger partial charge in [0.2, 0.25) is 0 Å². The van der Waals surface area contributed by atoms with E-state index in [1.54, 1.807) is 0 Å². The number of methoxy groups -OCH3 is 1. The van der Waals surface area contributed by atoms with Gasteiger partial charge in [0.1, 0.15) is 11.6 Å². The number of rotatable bonds is 4. The van der Waals surface area contributed by atoms with Crippen LogP contribution in [0.3, 0.4) is 0 Å².